The third-order valence-corrected chi connectivity index (χ3v) is 8.37. The molecule has 1 fully saturated rings. The highest BCUT2D eigenvalue weighted by Gasteiger charge is 2.52. The van der Waals surface area contributed by atoms with Gasteiger partial charge in [0.25, 0.3) is 0 Å². The number of carbonyl (C=O) groups excluding carboxylic acids is 3. The van der Waals surface area contributed by atoms with Gasteiger partial charge in [-0.3, -0.25) is 0 Å². The van der Waals surface area contributed by atoms with Crippen molar-refractivity contribution in [2.45, 2.75) is 90.4 Å². The molecule has 2 aromatic rings. The number of carbonyl (C=O) groups is 3. The molecule has 1 saturated carbocycles. The van der Waals surface area contributed by atoms with Gasteiger partial charge in [0.2, 0.25) is 0 Å². The summed E-state index contributed by atoms with van der Waals surface area (Å²) < 4.78 is 15.8. The second kappa shape index (κ2) is 17.0. The minimum Gasteiger partial charge on any atom is -0.464 e. The molecular formula is C37H48O7. The van der Waals surface area contributed by atoms with Gasteiger partial charge in [0, 0.05) is 6.42 Å². The average molecular weight is 605 g/mol. The minimum absolute atomic E-state index is 0.0783. The van der Waals surface area contributed by atoms with E-state index in [1.165, 1.54) is 37.8 Å². The lowest BCUT2D eigenvalue weighted by Gasteiger charge is -2.31. The largest absolute Gasteiger partial charge is 0.464 e. The van der Waals surface area contributed by atoms with Crippen molar-refractivity contribution >= 4 is 17.9 Å². The zero-order valence-electron chi connectivity index (χ0n) is 26.6. The van der Waals surface area contributed by atoms with Crippen molar-refractivity contribution in [3.8, 4) is 0 Å². The summed E-state index contributed by atoms with van der Waals surface area (Å²) in [5, 5.41) is 11.5. The number of hydrogen-bond donors (Lipinski definition) is 1. The molecule has 1 aliphatic rings. The van der Waals surface area contributed by atoms with Gasteiger partial charge < -0.3 is 19.3 Å². The molecule has 0 amide bonds. The predicted molar refractivity (Wildman–Crippen MR) is 171 cm³/mol. The van der Waals surface area contributed by atoms with Gasteiger partial charge in [-0.25, -0.2) is 14.4 Å². The van der Waals surface area contributed by atoms with Crippen molar-refractivity contribution in [3.05, 3.63) is 96.1 Å². The zero-order chi connectivity index (χ0) is 32.0. The number of esters is 3. The van der Waals surface area contributed by atoms with Gasteiger partial charge in [0.15, 0.2) is 6.10 Å². The van der Waals surface area contributed by atoms with E-state index in [0.29, 0.717) is 17.3 Å². The van der Waals surface area contributed by atoms with Crippen LogP contribution in [0.4, 0.5) is 0 Å². The SMILES string of the molecule is CCCCC(C)(C)CC=C[C@H]1CCC[C@@H]1CC=CCC(OC(=O)c1ccccc1)C(O)(OC(=O)c1ccccc1)C(=O)OC. The molecule has 0 radical (unpaired) electrons. The van der Waals surface area contributed by atoms with E-state index >= 15 is 0 Å². The molecule has 2 aromatic carbocycles. The summed E-state index contributed by atoms with van der Waals surface area (Å²) in [6, 6.07) is 16.2. The Morgan fingerprint density at radius 3 is 2.18 bits per heavy atom. The van der Waals surface area contributed by atoms with Crippen LogP contribution in [0.3, 0.4) is 0 Å². The molecule has 1 N–H and O–H groups in total. The molecule has 3 rings (SSSR count). The highest BCUT2D eigenvalue weighted by Crippen LogP contribution is 2.36. The maximum absolute atomic E-state index is 13.0. The Morgan fingerprint density at radius 2 is 1.57 bits per heavy atom. The third kappa shape index (κ3) is 10.2. The molecule has 7 nitrogen and oxygen atoms in total. The number of hydrogen-bond acceptors (Lipinski definition) is 7. The van der Waals surface area contributed by atoms with E-state index in [4.69, 9.17) is 14.2 Å². The third-order valence-electron chi connectivity index (χ3n) is 8.37. The van der Waals surface area contributed by atoms with E-state index in [0.717, 1.165) is 32.8 Å². The maximum Gasteiger partial charge on any atom is 0.383 e. The number of unbranched alkanes of at least 4 members (excludes halogenated alkanes) is 1. The summed E-state index contributed by atoms with van der Waals surface area (Å²) in [4.78, 5) is 38.9. The molecule has 0 heterocycles. The summed E-state index contributed by atoms with van der Waals surface area (Å²) in [5.74, 6) is -4.88. The van der Waals surface area contributed by atoms with Crippen LogP contribution in [0.25, 0.3) is 0 Å². The zero-order valence-corrected chi connectivity index (χ0v) is 26.6. The first-order valence-electron chi connectivity index (χ1n) is 15.8. The summed E-state index contributed by atoms with van der Waals surface area (Å²) >= 11 is 0. The van der Waals surface area contributed by atoms with Crippen LogP contribution in [0.1, 0.15) is 99.3 Å². The summed E-state index contributed by atoms with van der Waals surface area (Å²) in [7, 11) is 1.06. The number of ether oxygens (including phenoxy) is 3. The van der Waals surface area contributed by atoms with Gasteiger partial charge in [-0.15, -0.1) is 0 Å². The summed E-state index contributed by atoms with van der Waals surface area (Å²) in [6.45, 7) is 6.89. The van der Waals surface area contributed by atoms with Crippen LogP contribution in [0.2, 0.25) is 0 Å². The molecule has 0 bridgehead atoms. The number of aliphatic hydroxyl groups is 1. The average Bonchev–Trinajstić information content (AvgIpc) is 3.48. The Hall–Kier alpha value is -3.71. The highest BCUT2D eigenvalue weighted by atomic mass is 16.7. The lowest BCUT2D eigenvalue weighted by atomic mass is 9.83. The standard InChI is InChI=1S/C37H48O7/c1-5-6-26-36(2,3)27-16-24-29-23-15-22-28(29)17-13-14-25-32(43-33(38)30-18-9-7-10-19-30)37(41,35(40)42-4)44-34(39)31-20-11-8-12-21-31/h7-14,16,18-21,24,28-29,32,41H,5-6,15,17,22-23,25-27H2,1-4H3/t28-,29+,32?,37?/m0/s1. The van der Waals surface area contributed by atoms with E-state index in [9.17, 15) is 19.5 Å². The lowest BCUT2D eigenvalue weighted by molar-refractivity contribution is -0.237. The van der Waals surface area contributed by atoms with Crippen molar-refractivity contribution in [1.82, 2.24) is 0 Å². The Bertz CT molecular complexity index is 1250. The second-order valence-electron chi connectivity index (χ2n) is 12.4. The molecular weight excluding hydrogens is 556 g/mol. The first kappa shape index (κ1) is 34.8. The highest BCUT2D eigenvalue weighted by molar-refractivity contribution is 5.93. The molecule has 238 valence electrons. The van der Waals surface area contributed by atoms with E-state index in [2.05, 4.69) is 32.9 Å². The molecule has 1 aliphatic carbocycles. The minimum atomic E-state index is -2.88. The lowest BCUT2D eigenvalue weighted by Crippen LogP contribution is -2.55. The Morgan fingerprint density at radius 1 is 0.932 bits per heavy atom. The van der Waals surface area contributed by atoms with Gasteiger partial charge in [0.1, 0.15) is 0 Å². The van der Waals surface area contributed by atoms with Crippen LogP contribution < -0.4 is 0 Å². The number of rotatable bonds is 16. The molecule has 0 aromatic heterocycles. The van der Waals surface area contributed by atoms with E-state index in [1.807, 2.05) is 6.08 Å². The topological polar surface area (TPSA) is 99.1 Å². The van der Waals surface area contributed by atoms with E-state index in [1.54, 1.807) is 54.6 Å². The fourth-order valence-corrected chi connectivity index (χ4v) is 5.64. The quantitative estimate of drug-likeness (QED) is 0.0902. The van der Waals surface area contributed by atoms with E-state index < -0.39 is 29.8 Å². The van der Waals surface area contributed by atoms with Crippen molar-refractivity contribution in [3.63, 3.8) is 0 Å². The van der Waals surface area contributed by atoms with Crippen LogP contribution in [0.15, 0.2) is 85.0 Å². The molecule has 4 atom stereocenters. The van der Waals surface area contributed by atoms with Crippen LogP contribution >= 0.6 is 0 Å². The second-order valence-corrected chi connectivity index (χ2v) is 12.4. The summed E-state index contributed by atoms with van der Waals surface area (Å²) in [6.07, 6.45) is 15.8. The molecule has 44 heavy (non-hydrogen) atoms. The van der Waals surface area contributed by atoms with E-state index in [-0.39, 0.29) is 17.5 Å². The van der Waals surface area contributed by atoms with Crippen LogP contribution in [0.5, 0.6) is 0 Å². The van der Waals surface area contributed by atoms with Gasteiger partial charge >= 0.3 is 23.7 Å². The van der Waals surface area contributed by atoms with Gasteiger partial charge in [-0.2, -0.15) is 0 Å². The summed E-state index contributed by atoms with van der Waals surface area (Å²) in [5.41, 5.74) is 0.640. The smallest absolute Gasteiger partial charge is 0.383 e. The number of allylic oxidation sites excluding steroid dienone is 3. The first-order chi connectivity index (χ1) is 21.1. The number of benzene rings is 2. The fourth-order valence-electron chi connectivity index (χ4n) is 5.64. The normalized spacial score (nSPS) is 19.0. The van der Waals surface area contributed by atoms with Gasteiger partial charge in [0.05, 0.1) is 18.2 Å². The molecule has 0 aliphatic heterocycles. The van der Waals surface area contributed by atoms with Crippen molar-refractivity contribution in [1.29, 1.82) is 0 Å². The molecule has 0 saturated heterocycles. The fraction of sp³-hybridized carbons (Fsp3) is 0.486. The first-order valence-corrected chi connectivity index (χ1v) is 15.8. The Balaban J connectivity index is 1.75. The van der Waals surface area contributed by atoms with Gasteiger partial charge in [-0.1, -0.05) is 101 Å². The number of methoxy groups -OCH3 is 1. The molecule has 0 spiro atoms. The van der Waals surface area contributed by atoms with Crippen LogP contribution in [-0.4, -0.2) is 42.0 Å². The molecule has 2 unspecified atom stereocenters. The Labute approximate surface area is 262 Å². The van der Waals surface area contributed by atoms with Crippen molar-refractivity contribution in [2.75, 3.05) is 7.11 Å². The van der Waals surface area contributed by atoms with Crippen molar-refractivity contribution < 1.29 is 33.7 Å². The Kier molecular flexibility index (Phi) is 13.4. The van der Waals surface area contributed by atoms with Gasteiger partial charge in [-0.05, 0) is 73.6 Å². The molecule has 7 heteroatoms. The monoisotopic (exact) mass is 604 g/mol. The van der Waals surface area contributed by atoms with Crippen LogP contribution in [-0.2, 0) is 19.0 Å². The maximum atomic E-state index is 13.0. The van der Waals surface area contributed by atoms with Crippen molar-refractivity contribution in [2.24, 2.45) is 17.3 Å². The predicted octanol–water partition coefficient (Wildman–Crippen LogP) is 7.85. The van der Waals surface area contributed by atoms with Crippen LogP contribution in [0, 0.1) is 17.3 Å².